The zero-order valence-corrected chi connectivity index (χ0v) is 21.3. The van der Waals surface area contributed by atoms with E-state index in [1.807, 2.05) is 6.08 Å². The van der Waals surface area contributed by atoms with E-state index in [-0.39, 0.29) is 0 Å². The van der Waals surface area contributed by atoms with E-state index in [1.165, 1.54) is 59.7 Å². The summed E-state index contributed by atoms with van der Waals surface area (Å²) < 4.78 is 6.21. The van der Waals surface area contributed by atoms with Crippen LogP contribution in [0.3, 0.4) is 0 Å². The van der Waals surface area contributed by atoms with Gasteiger partial charge in [-0.25, -0.2) is 0 Å². The molecule has 0 saturated heterocycles. The Labute approximate surface area is 178 Å². The molecule has 0 aliphatic carbocycles. The van der Waals surface area contributed by atoms with Gasteiger partial charge in [0.05, 0.1) is 0 Å². The van der Waals surface area contributed by atoms with E-state index in [9.17, 15) is 0 Å². The Morgan fingerprint density at radius 2 is 1.29 bits per heavy atom. The van der Waals surface area contributed by atoms with Crippen LogP contribution in [-0.4, -0.2) is 18.4 Å². The quantitative estimate of drug-likeness (QED) is 0.250. The van der Waals surface area contributed by atoms with Gasteiger partial charge in [0.1, 0.15) is 0 Å². The molecule has 0 nitrogen and oxygen atoms in total. The standard InChI is InChI=1S/C15H13.3C4H9.Sn/c1-3-13-6-4-5-7-15(13)14-10-8-12(2)9-11-14;3*1-3-4-2;/h3-11H,1-2H2;3*1,3-4H2,2H3;. The third kappa shape index (κ3) is 6.79. The summed E-state index contributed by atoms with van der Waals surface area (Å²) in [5, 5.41) is 0. The molecule has 28 heavy (non-hydrogen) atoms. The van der Waals surface area contributed by atoms with Crippen molar-refractivity contribution >= 4 is 24.5 Å². The summed E-state index contributed by atoms with van der Waals surface area (Å²) in [7, 11) is 0. The molecule has 0 aliphatic rings. The fraction of sp³-hybridized carbons (Fsp3) is 0.481. The molecule has 0 radical (unpaired) electrons. The Hall–Kier alpha value is -1.02. The Bertz CT molecular complexity index is 677. The first-order valence-electron chi connectivity index (χ1n) is 11.5. The third-order valence-corrected chi connectivity index (χ3v) is 21.6. The van der Waals surface area contributed by atoms with Crippen LogP contribution in [0.5, 0.6) is 0 Å². The molecule has 2 aromatic carbocycles. The van der Waals surface area contributed by atoms with Crippen molar-refractivity contribution in [3.63, 3.8) is 0 Å². The second-order valence-electron chi connectivity index (χ2n) is 8.48. The second-order valence-corrected chi connectivity index (χ2v) is 22.3. The molecule has 0 aromatic heterocycles. The molecule has 0 amide bonds. The van der Waals surface area contributed by atoms with Crippen LogP contribution >= 0.6 is 0 Å². The van der Waals surface area contributed by atoms with Gasteiger partial charge in [0, 0.05) is 0 Å². The first kappa shape index (κ1) is 23.3. The minimum absolute atomic E-state index is 1.22. The molecule has 0 heterocycles. The molecule has 1 heteroatoms. The molecule has 0 N–H and O–H groups in total. The van der Waals surface area contributed by atoms with Crippen LogP contribution in [0.4, 0.5) is 0 Å². The fourth-order valence-corrected chi connectivity index (χ4v) is 20.7. The SMILES string of the molecule is C=Cc1ccccc1-c1ccc([CH2][Sn]([CH2]CCC)([CH2]CCC)[CH2]CCC)cc1. The van der Waals surface area contributed by atoms with E-state index in [0.29, 0.717) is 0 Å². The zero-order chi connectivity index (χ0) is 20.2. The molecular formula is C27H40Sn. The van der Waals surface area contributed by atoms with Gasteiger partial charge >= 0.3 is 179 Å². The first-order chi connectivity index (χ1) is 13.7. The van der Waals surface area contributed by atoms with E-state index in [2.05, 4.69) is 75.9 Å². The summed E-state index contributed by atoms with van der Waals surface area (Å²) >= 11 is -2.11. The van der Waals surface area contributed by atoms with Crippen LogP contribution in [0.1, 0.15) is 70.4 Å². The van der Waals surface area contributed by atoms with Crippen molar-refractivity contribution in [1.82, 2.24) is 0 Å². The van der Waals surface area contributed by atoms with Crippen LogP contribution in [0.25, 0.3) is 17.2 Å². The van der Waals surface area contributed by atoms with Gasteiger partial charge in [-0.3, -0.25) is 0 Å². The zero-order valence-electron chi connectivity index (χ0n) is 18.5. The van der Waals surface area contributed by atoms with Crippen LogP contribution in [0.2, 0.25) is 13.3 Å². The number of hydrogen-bond donors (Lipinski definition) is 0. The molecule has 0 bridgehead atoms. The molecule has 0 spiro atoms. The van der Waals surface area contributed by atoms with Gasteiger partial charge in [0.15, 0.2) is 0 Å². The number of unbranched alkanes of at least 4 members (excludes halogenated alkanes) is 3. The van der Waals surface area contributed by atoms with Gasteiger partial charge in [-0.1, -0.05) is 0 Å². The predicted octanol–water partition coefficient (Wildman–Crippen LogP) is 8.93. The topological polar surface area (TPSA) is 0 Å². The Morgan fingerprint density at radius 1 is 0.750 bits per heavy atom. The third-order valence-electron chi connectivity index (χ3n) is 6.21. The van der Waals surface area contributed by atoms with E-state index >= 15 is 0 Å². The van der Waals surface area contributed by atoms with Crippen LogP contribution in [0, 0.1) is 0 Å². The van der Waals surface area contributed by atoms with Crippen molar-refractivity contribution in [2.24, 2.45) is 0 Å². The summed E-state index contributed by atoms with van der Waals surface area (Å²) in [6, 6.07) is 18.1. The molecule has 0 atom stereocenters. The summed E-state index contributed by atoms with van der Waals surface area (Å²) in [6.07, 6.45) is 10.4. The van der Waals surface area contributed by atoms with Crippen molar-refractivity contribution in [3.8, 4) is 11.1 Å². The van der Waals surface area contributed by atoms with Gasteiger partial charge in [-0.15, -0.1) is 0 Å². The molecule has 2 rings (SSSR count). The Kier molecular flexibility index (Phi) is 10.4. The van der Waals surface area contributed by atoms with Crippen LogP contribution < -0.4 is 0 Å². The van der Waals surface area contributed by atoms with Gasteiger partial charge in [0.25, 0.3) is 0 Å². The van der Waals surface area contributed by atoms with Gasteiger partial charge in [-0.2, -0.15) is 0 Å². The Balaban J connectivity index is 2.23. The fourth-order valence-electron chi connectivity index (χ4n) is 4.47. The van der Waals surface area contributed by atoms with E-state index < -0.39 is 18.4 Å². The first-order valence-corrected chi connectivity index (χ1v) is 19.6. The Morgan fingerprint density at radius 3 is 1.79 bits per heavy atom. The summed E-state index contributed by atoms with van der Waals surface area (Å²) in [5.41, 5.74) is 5.43. The minimum atomic E-state index is -2.11. The normalized spacial score (nSPS) is 11.5. The van der Waals surface area contributed by atoms with Crippen molar-refractivity contribution in [3.05, 3.63) is 66.2 Å². The van der Waals surface area contributed by atoms with Crippen molar-refractivity contribution in [1.29, 1.82) is 0 Å². The van der Waals surface area contributed by atoms with E-state index in [1.54, 1.807) is 18.9 Å². The van der Waals surface area contributed by atoms with E-state index in [4.69, 9.17) is 0 Å². The van der Waals surface area contributed by atoms with Gasteiger partial charge in [0.2, 0.25) is 0 Å². The van der Waals surface area contributed by atoms with Gasteiger partial charge in [-0.05, 0) is 0 Å². The van der Waals surface area contributed by atoms with Crippen LogP contribution in [-0.2, 0) is 4.44 Å². The number of benzene rings is 2. The van der Waals surface area contributed by atoms with Crippen molar-refractivity contribution in [2.75, 3.05) is 0 Å². The van der Waals surface area contributed by atoms with Crippen LogP contribution in [0.15, 0.2) is 55.1 Å². The molecule has 0 saturated carbocycles. The van der Waals surface area contributed by atoms with Crippen molar-refractivity contribution in [2.45, 2.75) is 77.0 Å². The average Bonchev–Trinajstić information content (AvgIpc) is 2.75. The summed E-state index contributed by atoms with van der Waals surface area (Å²) in [4.78, 5) is 0. The molecule has 152 valence electrons. The van der Waals surface area contributed by atoms with Gasteiger partial charge < -0.3 is 0 Å². The molecule has 2 aromatic rings. The molecule has 0 unspecified atom stereocenters. The molecule has 0 aliphatic heterocycles. The predicted molar refractivity (Wildman–Crippen MR) is 131 cm³/mol. The van der Waals surface area contributed by atoms with E-state index in [0.717, 1.165) is 0 Å². The maximum atomic E-state index is 3.98. The molecular weight excluding hydrogens is 443 g/mol. The number of hydrogen-bond acceptors (Lipinski definition) is 0. The number of rotatable bonds is 13. The monoisotopic (exact) mass is 484 g/mol. The second kappa shape index (κ2) is 12.5. The average molecular weight is 483 g/mol. The maximum absolute atomic E-state index is 3.98. The summed E-state index contributed by atoms with van der Waals surface area (Å²) in [6.45, 7) is 11.1. The molecule has 0 fully saturated rings. The summed E-state index contributed by atoms with van der Waals surface area (Å²) in [5.74, 6) is 0. The van der Waals surface area contributed by atoms with Crippen molar-refractivity contribution < 1.29 is 0 Å².